The highest BCUT2D eigenvalue weighted by Crippen LogP contribution is 2.20. The molecule has 1 amide bonds. The molecule has 0 aromatic heterocycles. The first-order chi connectivity index (χ1) is 16.2. The van der Waals surface area contributed by atoms with E-state index < -0.39 is 36.0 Å². The molecule has 0 spiro atoms. The number of carbonyl (C=O) groups is 4. The van der Waals surface area contributed by atoms with Crippen LogP contribution in [0.1, 0.15) is 44.1 Å². The van der Waals surface area contributed by atoms with E-state index >= 15 is 0 Å². The number of hydrogen-bond acceptors (Lipinski definition) is 7. The van der Waals surface area contributed by atoms with Crippen LogP contribution in [0.4, 0.5) is 0 Å². The van der Waals surface area contributed by atoms with Gasteiger partial charge in [0.25, 0.3) is 0 Å². The number of carboxylic acid groups (broad SMARTS) is 3. The Morgan fingerprint density at radius 2 is 1.65 bits per heavy atom. The molecule has 190 valence electrons. The van der Waals surface area contributed by atoms with Crippen LogP contribution in [-0.4, -0.2) is 81.8 Å². The fourth-order valence-corrected chi connectivity index (χ4v) is 3.73. The molecule has 0 unspecified atom stereocenters. The summed E-state index contributed by atoms with van der Waals surface area (Å²) >= 11 is 0. The normalized spacial score (nSPS) is 16.8. The molecule has 1 aromatic rings. The lowest BCUT2D eigenvalue weighted by Gasteiger charge is -2.29. The third-order valence-corrected chi connectivity index (χ3v) is 5.51. The van der Waals surface area contributed by atoms with Gasteiger partial charge in [0, 0.05) is 6.54 Å². The number of nitrogens with one attached hydrogen (secondary N) is 1. The van der Waals surface area contributed by atoms with Crippen LogP contribution in [0.25, 0.3) is 0 Å². The summed E-state index contributed by atoms with van der Waals surface area (Å²) in [7, 11) is 0. The van der Waals surface area contributed by atoms with E-state index in [0.717, 1.165) is 12.0 Å². The lowest BCUT2D eigenvalue weighted by Crippen LogP contribution is -2.54. The van der Waals surface area contributed by atoms with Crippen molar-refractivity contribution in [3.8, 4) is 0 Å². The number of nitrogens with zero attached hydrogens (tertiary/aromatic N) is 1. The molecule has 11 heteroatoms. The number of likely N-dealkylation sites (tertiary alicyclic amines) is 1. The molecule has 1 saturated heterocycles. The van der Waals surface area contributed by atoms with Crippen LogP contribution in [0.5, 0.6) is 0 Å². The Hall–Kier alpha value is -3.02. The zero-order valence-electron chi connectivity index (χ0n) is 19.3. The lowest BCUT2D eigenvalue weighted by atomic mass is 10.0. The Morgan fingerprint density at radius 1 is 1.00 bits per heavy atom. The molecule has 1 fully saturated rings. The molecule has 3 atom stereocenters. The smallest absolute Gasteiger partial charge is 0.326 e. The zero-order valence-corrected chi connectivity index (χ0v) is 19.3. The molecular weight excluding hydrogens is 444 g/mol. The second kappa shape index (κ2) is 15.8. The molecule has 1 aliphatic heterocycles. The van der Waals surface area contributed by atoms with Gasteiger partial charge in [0.2, 0.25) is 5.91 Å². The number of benzene rings is 1. The number of carboxylic acids is 3. The first kappa shape index (κ1) is 29.0. The molecule has 0 radical (unpaired) electrons. The number of carbonyl (C=O) groups excluding carboxylic acids is 1. The summed E-state index contributed by atoms with van der Waals surface area (Å²) in [5.74, 6) is -3.34. The third-order valence-electron chi connectivity index (χ3n) is 5.51. The topological polar surface area (TPSA) is 196 Å². The van der Waals surface area contributed by atoms with Gasteiger partial charge in [-0.15, -0.1) is 0 Å². The number of unbranched alkanes of at least 4 members (excludes halogenated alkanes) is 1. The van der Waals surface area contributed by atoms with Crippen molar-refractivity contribution in [2.24, 2.45) is 11.5 Å². The minimum absolute atomic E-state index is 0.278. The Morgan fingerprint density at radius 3 is 2.18 bits per heavy atom. The van der Waals surface area contributed by atoms with Crippen LogP contribution in [-0.2, 0) is 25.6 Å². The van der Waals surface area contributed by atoms with E-state index in [1.807, 2.05) is 30.3 Å². The zero-order chi connectivity index (χ0) is 25.5. The molecule has 0 aliphatic carbocycles. The van der Waals surface area contributed by atoms with Crippen molar-refractivity contribution in [3.05, 3.63) is 35.9 Å². The first-order valence-corrected chi connectivity index (χ1v) is 11.4. The van der Waals surface area contributed by atoms with E-state index in [2.05, 4.69) is 11.1 Å². The number of aryl methyl sites for hydroxylation is 1. The first-order valence-electron chi connectivity index (χ1n) is 11.4. The highest BCUT2D eigenvalue weighted by molar-refractivity contribution is 5.88. The van der Waals surface area contributed by atoms with E-state index in [-0.39, 0.29) is 12.5 Å². The standard InChI is InChI=1S/C21H31N3O5.C2H5NO2/c22-13-5-4-9-16(19(25)24-14-6-10-18(24)21(28)29)23-17(20(26)27)12-11-15-7-2-1-3-8-15;3-1-2(4)5/h1-3,7-8,16-18,23H,4-6,9-14,22H2,(H,26,27)(H,28,29);1,3H2,(H,4,5)/t16-,17-,18-;/m0./s1. The molecule has 11 nitrogen and oxygen atoms in total. The second-order valence-electron chi connectivity index (χ2n) is 8.04. The fourth-order valence-electron chi connectivity index (χ4n) is 3.73. The van der Waals surface area contributed by atoms with Crippen molar-refractivity contribution < 1.29 is 34.5 Å². The molecule has 0 bridgehead atoms. The number of rotatable bonds is 13. The molecule has 1 aliphatic rings. The van der Waals surface area contributed by atoms with Gasteiger partial charge in [-0.3, -0.25) is 19.7 Å². The monoisotopic (exact) mass is 480 g/mol. The summed E-state index contributed by atoms with van der Waals surface area (Å²) in [4.78, 5) is 46.9. The Bertz CT molecular complexity index is 791. The van der Waals surface area contributed by atoms with E-state index in [1.54, 1.807) is 0 Å². The molecule has 1 heterocycles. The van der Waals surface area contributed by atoms with E-state index in [1.165, 1.54) is 4.90 Å². The lowest BCUT2D eigenvalue weighted by molar-refractivity contribution is -0.149. The molecule has 8 N–H and O–H groups in total. The Balaban J connectivity index is 0.00000104. The van der Waals surface area contributed by atoms with Gasteiger partial charge in [-0.1, -0.05) is 36.8 Å². The van der Waals surface area contributed by atoms with Gasteiger partial charge in [-0.2, -0.15) is 0 Å². The van der Waals surface area contributed by atoms with Crippen LogP contribution >= 0.6 is 0 Å². The largest absolute Gasteiger partial charge is 0.480 e. The summed E-state index contributed by atoms with van der Waals surface area (Å²) in [5, 5.41) is 29.6. The van der Waals surface area contributed by atoms with Gasteiger partial charge in [-0.05, 0) is 50.6 Å². The van der Waals surface area contributed by atoms with Crippen molar-refractivity contribution in [2.75, 3.05) is 19.6 Å². The molecule has 2 rings (SSSR count). The molecule has 0 saturated carbocycles. The van der Waals surface area contributed by atoms with Crippen LogP contribution in [0.3, 0.4) is 0 Å². The number of hydrogen-bond donors (Lipinski definition) is 6. The average Bonchev–Trinajstić information content (AvgIpc) is 3.31. The van der Waals surface area contributed by atoms with Crippen molar-refractivity contribution in [1.82, 2.24) is 10.2 Å². The highest BCUT2D eigenvalue weighted by Gasteiger charge is 2.38. The van der Waals surface area contributed by atoms with E-state index in [0.29, 0.717) is 51.6 Å². The average molecular weight is 481 g/mol. The van der Waals surface area contributed by atoms with Crippen LogP contribution < -0.4 is 16.8 Å². The highest BCUT2D eigenvalue weighted by atomic mass is 16.4. The summed E-state index contributed by atoms with van der Waals surface area (Å²) in [6.45, 7) is 0.589. The van der Waals surface area contributed by atoms with Crippen molar-refractivity contribution in [2.45, 2.75) is 63.1 Å². The Labute approximate surface area is 199 Å². The van der Waals surface area contributed by atoms with Gasteiger partial charge in [-0.25, -0.2) is 4.79 Å². The summed E-state index contributed by atoms with van der Waals surface area (Å²) in [5.41, 5.74) is 11.1. The van der Waals surface area contributed by atoms with Crippen LogP contribution in [0.2, 0.25) is 0 Å². The molecule has 34 heavy (non-hydrogen) atoms. The summed E-state index contributed by atoms with van der Waals surface area (Å²) in [6.07, 6.45) is 3.76. The van der Waals surface area contributed by atoms with Crippen molar-refractivity contribution in [1.29, 1.82) is 0 Å². The predicted octanol–water partition coefficient (Wildman–Crippen LogP) is 0.265. The number of nitrogens with two attached hydrogens (primary N) is 2. The fraction of sp³-hybridized carbons (Fsp3) is 0.565. The number of aliphatic carboxylic acids is 3. The molecule has 1 aromatic carbocycles. The van der Waals surface area contributed by atoms with Crippen LogP contribution in [0.15, 0.2) is 30.3 Å². The van der Waals surface area contributed by atoms with Gasteiger partial charge >= 0.3 is 17.9 Å². The SMILES string of the molecule is NCC(=O)O.NCCCC[C@H](N[C@@H](CCc1ccccc1)C(=O)O)C(=O)N1CCC[C@H]1C(=O)O. The Kier molecular flexibility index (Phi) is 13.4. The van der Waals surface area contributed by atoms with Gasteiger partial charge in [0.1, 0.15) is 12.1 Å². The van der Waals surface area contributed by atoms with Gasteiger partial charge in [0.05, 0.1) is 12.6 Å². The minimum atomic E-state index is -1.02. The minimum Gasteiger partial charge on any atom is -0.480 e. The van der Waals surface area contributed by atoms with Gasteiger partial charge < -0.3 is 31.7 Å². The second-order valence-corrected chi connectivity index (χ2v) is 8.04. The van der Waals surface area contributed by atoms with Gasteiger partial charge in [0.15, 0.2) is 0 Å². The summed E-state index contributed by atoms with van der Waals surface area (Å²) < 4.78 is 0. The van der Waals surface area contributed by atoms with Crippen molar-refractivity contribution >= 4 is 23.8 Å². The molecular formula is C23H36N4O7. The maximum Gasteiger partial charge on any atom is 0.326 e. The number of amides is 1. The maximum atomic E-state index is 13.1. The van der Waals surface area contributed by atoms with Crippen molar-refractivity contribution in [3.63, 3.8) is 0 Å². The van der Waals surface area contributed by atoms with E-state index in [9.17, 15) is 29.4 Å². The van der Waals surface area contributed by atoms with Crippen LogP contribution in [0, 0.1) is 0 Å². The van der Waals surface area contributed by atoms with E-state index in [4.69, 9.17) is 10.8 Å². The maximum absolute atomic E-state index is 13.1. The quantitative estimate of drug-likeness (QED) is 0.213. The third kappa shape index (κ3) is 10.3. The predicted molar refractivity (Wildman–Crippen MR) is 125 cm³/mol. The summed E-state index contributed by atoms with van der Waals surface area (Å²) in [6, 6.07) is 7.10.